The number of hydrogen-bond acceptors (Lipinski definition) is 9. The molecule has 9 heteroatoms. The third-order valence-electron chi connectivity index (χ3n) is 7.16. The molecule has 9 nitrogen and oxygen atoms in total. The second kappa shape index (κ2) is 11.1. The van der Waals surface area contributed by atoms with Gasteiger partial charge < -0.3 is 33.7 Å². The summed E-state index contributed by atoms with van der Waals surface area (Å²) in [5, 5.41) is 3.34. The average Bonchev–Trinajstić information content (AvgIpc) is 2.94. The van der Waals surface area contributed by atoms with E-state index >= 15 is 0 Å². The molecule has 1 aliphatic heterocycles. The van der Waals surface area contributed by atoms with Crippen LogP contribution in [0.15, 0.2) is 52.9 Å². The predicted octanol–water partition coefficient (Wildman–Crippen LogP) is 4.26. The first-order chi connectivity index (χ1) is 18.3. The van der Waals surface area contributed by atoms with E-state index < -0.39 is 11.9 Å². The van der Waals surface area contributed by atoms with Gasteiger partial charge in [-0.05, 0) is 43.0 Å². The molecule has 2 aromatic rings. The zero-order valence-corrected chi connectivity index (χ0v) is 22.7. The second-order valence-corrected chi connectivity index (χ2v) is 9.07. The number of hydrogen-bond donors (Lipinski definition) is 1. The normalized spacial score (nSPS) is 18.9. The Morgan fingerprint density at radius 3 is 2.00 bits per heavy atom. The van der Waals surface area contributed by atoms with Crippen LogP contribution in [0.5, 0.6) is 28.7 Å². The fourth-order valence-corrected chi connectivity index (χ4v) is 5.35. The van der Waals surface area contributed by atoms with Crippen LogP contribution in [0.1, 0.15) is 42.7 Å². The molecule has 38 heavy (non-hydrogen) atoms. The third kappa shape index (κ3) is 4.64. The Bertz CT molecular complexity index is 1330. The first-order valence-corrected chi connectivity index (χ1v) is 12.2. The average molecular weight is 524 g/mol. The standard InChI is InChI=1S/C29H33NO8/c1-15-26(29(32)38-7)27(18-13-24(36-5)25(37-6)14-22(18)34-3)28-19(30-15)10-17(11-20(28)31)16-8-9-21(33-2)23(12-16)35-4/h8-9,12-14,17,27,30H,10-11H2,1-7H3/t17-,27-/m1/s1. The van der Waals surface area contributed by atoms with Gasteiger partial charge in [0.25, 0.3) is 0 Å². The highest BCUT2D eigenvalue weighted by Crippen LogP contribution is 2.50. The summed E-state index contributed by atoms with van der Waals surface area (Å²) >= 11 is 0. The van der Waals surface area contributed by atoms with Crippen LogP contribution in [0.3, 0.4) is 0 Å². The van der Waals surface area contributed by atoms with E-state index in [-0.39, 0.29) is 18.1 Å². The molecule has 2 aromatic carbocycles. The van der Waals surface area contributed by atoms with Crippen LogP contribution in [0, 0.1) is 0 Å². The molecule has 0 saturated carbocycles. The van der Waals surface area contributed by atoms with E-state index in [1.54, 1.807) is 33.3 Å². The highest BCUT2D eigenvalue weighted by Gasteiger charge is 2.43. The first-order valence-electron chi connectivity index (χ1n) is 12.2. The van der Waals surface area contributed by atoms with Crippen LogP contribution in [0.25, 0.3) is 0 Å². The molecule has 0 unspecified atom stereocenters. The van der Waals surface area contributed by atoms with Crippen LogP contribution in [-0.4, -0.2) is 54.4 Å². The Labute approximate surface area is 222 Å². The summed E-state index contributed by atoms with van der Waals surface area (Å²) in [6.45, 7) is 1.81. The number of esters is 1. The molecule has 202 valence electrons. The molecule has 2 aliphatic rings. The predicted molar refractivity (Wildman–Crippen MR) is 140 cm³/mol. The molecule has 1 aliphatic carbocycles. The molecule has 0 fully saturated rings. The summed E-state index contributed by atoms with van der Waals surface area (Å²) in [7, 11) is 9.09. The summed E-state index contributed by atoms with van der Waals surface area (Å²) in [6, 6.07) is 9.14. The van der Waals surface area contributed by atoms with Gasteiger partial charge in [0, 0.05) is 35.0 Å². The maximum atomic E-state index is 13.9. The Kier molecular flexibility index (Phi) is 7.85. The van der Waals surface area contributed by atoms with Gasteiger partial charge in [-0.2, -0.15) is 0 Å². The minimum Gasteiger partial charge on any atom is -0.496 e. The number of allylic oxidation sites excluding steroid dienone is 3. The van der Waals surface area contributed by atoms with Crippen LogP contribution < -0.4 is 29.0 Å². The number of nitrogens with one attached hydrogen (secondary N) is 1. The monoisotopic (exact) mass is 523 g/mol. The van der Waals surface area contributed by atoms with E-state index in [0.717, 1.165) is 11.3 Å². The topological polar surface area (TPSA) is 102 Å². The molecule has 1 heterocycles. The Morgan fingerprint density at radius 2 is 1.39 bits per heavy atom. The van der Waals surface area contributed by atoms with Crippen LogP contribution in [0.2, 0.25) is 0 Å². The number of carbonyl (C=O) groups is 2. The lowest BCUT2D eigenvalue weighted by Crippen LogP contribution is -2.36. The number of dihydropyridines is 1. The number of ether oxygens (including phenoxy) is 6. The molecular formula is C29H33NO8. The van der Waals surface area contributed by atoms with Crippen LogP contribution >= 0.6 is 0 Å². The highest BCUT2D eigenvalue weighted by molar-refractivity contribution is 6.04. The second-order valence-electron chi connectivity index (χ2n) is 9.07. The summed E-state index contributed by atoms with van der Waals surface area (Å²) < 4.78 is 32.7. The van der Waals surface area contributed by atoms with Gasteiger partial charge >= 0.3 is 5.97 Å². The summed E-state index contributed by atoms with van der Waals surface area (Å²) in [6.07, 6.45) is 0.823. The zero-order chi connectivity index (χ0) is 27.6. The van der Waals surface area contributed by atoms with Crippen molar-refractivity contribution in [3.63, 3.8) is 0 Å². The van der Waals surface area contributed by atoms with Gasteiger partial charge in [-0.25, -0.2) is 4.79 Å². The zero-order valence-electron chi connectivity index (χ0n) is 22.7. The van der Waals surface area contributed by atoms with Gasteiger partial charge in [-0.3, -0.25) is 4.79 Å². The van der Waals surface area contributed by atoms with Crippen LogP contribution in [-0.2, 0) is 14.3 Å². The lowest BCUT2D eigenvalue weighted by atomic mass is 9.71. The maximum absolute atomic E-state index is 13.9. The van der Waals surface area contributed by atoms with E-state index in [2.05, 4.69) is 5.32 Å². The van der Waals surface area contributed by atoms with Crippen molar-refractivity contribution in [1.82, 2.24) is 5.32 Å². The summed E-state index contributed by atoms with van der Waals surface area (Å²) in [5.41, 5.74) is 3.79. The number of methoxy groups -OCH3 is 6. The molecule has 0 amide bonds. The van der Waals surface area contributed by atoms with Crippen molar-refractivity contribution in [3.8, 4) is 28.7 Å². The fraction of sp³-hybridized carbons (Fsp3) is 0.379. The van der Waals surface area contributed by atoms with Gasteiger partial charge in [0.15, 0.2) is 28.8 Å². The number of carbonyl (C=O) groups excluding carboxylic acids is 2. The first kappa shape index (κ1) is 26.9. The molecule has 0 bridgehead atoms. The third-order valence-corrected chi connectivity index (χ3v) is 7.16. The minimum absolute atomic E-state index is 0.0747. The smallest absolute Gasteiger partial charge is 0.336 e. The number of ketones is 1. The highest BCUT2D eigenvalue weighted by atomic mass is 16.5. The van der Waals surface area contributed by atoms with E-state index in [0.29, 0.717) is 57.6 Å². The van der Waals surface area contributed by atoms with E-state index in [4.69, 9.17) is 28.4 Å². The Hall–Kier alpha value is -4.14. The lowest BCUT2D eigenvalue weighted by molar-refractivity contribution is -0.136. The van der Waals surface area contributed by atoms with Crippen molar-refractivity contribution in [3.05, 3.63) is 64.0 Å². The maximum Gasteiger partial charge on any atom is 0.336 e. The molecule has 0 spiro atoms. The molecule has 0 saturated heterocycles. The van der Waals surface area contributed by atoms with Crippen molar-refractivity contribution in [2.24, 2.45) is 0 Å². The molecule has 1 N–H and O–H groups in total. The van der Waals surface area contributed by atoms with E-state index in [9.17, 15) is 9.59 Å². The molecular weight excluding hydrogens is 490 g/mol. The number of benzene rings is 2. The molecule has 0 radical (unpaired) electrons. The van der Waals surface area contributed by atoms with E-state index in [1.165, 1.54) is 28.4 Å². The molecule has 4 rings (SSSR count). The molecule has 0 aromatic heterocycles. The number of rotatable bonds is 8. The lowest BCUT2D eigenvalue weighted by Gasteiger charge is -2.37. The SMILES string of the molecule is COC(=O)C1=C(C)NC2=C(C(=O)C[C@H](c3ccc(OC)c(OC)c3)C2)[C@@H]1c1cc(OC)c(OC)cc1OC. The van der Waals surface area contributed by atoms with Crippen molar-refractivity contribution >= 4 is 11.8 Å². The summed E-state index contributed by atoms with van der Waals surface area (Å²) in [4.78, 5) is 26.9. The van der Waals surface area contributed by atoms with Gasteiger partial charge in [0.05, 0.1) is 54.1 Å². The summed E-state index contributed by atoms with van der Waals surface area (Å²) in [5.74, 6) is 1.21. The minimum atomic E-state index is -0.715. The Balaban J connectivity index is 1.87. The quantitative estimate of drug-likeness (QED) is 0.509. The van der Waals surface area contributed by atoms with E-state index in [1.807, 2.05) is 18.2 Å². The van der Waals surface area contributed by atoms with Gasteiger partial charge in [0.2, 0.25) is 0 Å². The van der Waals surface area contributed by atoms with Gasteiger partial charge in [-0.15, -0.1) is 0 Å². The van der Waals surface area contributed by atoms with Crippen molar-refractivity contribution < 1.29 is 38.0 Å². The van der Waals surface area contributed by atoms with Crippen molar-refractivity contribution in [1.29, 1.82) is 0 Å². The van der Waals surface area contributed by atoms with Gasteiger partial charge in [0.1, 0.15) is 5.75 Å². The van der Waals surface area contributed by atoms with Gasteiger partial charge in [-0.1, -0.05) is 6.07 Å². The van der Waals surface area contributed by atoms with Crippen molar-refractivity contribution in [2.75, 3.05) is 42.7 Å². The van der Waals surface area contributed by atoms with Crippen LogP contribution in [0.4, 0.5) is 0 Å². The fourth-order valence-electron chi connectivity index (χ4n) is 5.35. The Morgan fingerprint density at radius 1 is 0.789 bits per heavy atom. The number of Topliss-reactive ketones (excluding diaryl/α,β-unsaturated/α-hetero) is 1. The largest absolute Gasteiger partial charge is 0.496 e. The molecule has 2 atom stereocenters. The van der Waals surface area contributed by atoms with Crippen molar-refractivity contribution in [2.45, 2.75) is 31.6 Å².